The van der Waals surface area contributed by atoms with Crippen LogP contribution in [0.3, 0.4) is 0 Å². The molecule has 1 aromatic rings. The summed E-state index contributed by atoms with van der Waals surface area (Å²) in [6.45, 7) is 0. The average molecular weight is 235 g/mol. The van der Waals surface area contributed by atoms with Gasteiger partial charge in [0.15, 0.2) is 0 Å². The molecule has 1 saturated carbocycles. The molecular weight excluding hydrogens is 214 g/mol. The molecule has 1 atom stereocenters. The third-order valence-corrected chi connectivity index (χ3v) is 3.61. The first kappa shape index (κ1) is 12.2. The van der Waals surface area contributed by atoms with Crippen LogP contribution in [-0.4, -0.2) is 14.2 Å². The van der Waals surface area contributed by atoms with Crippen LogP contribution in [0, 0.1) is 5.92 Å². The van der Waals surface area contributed by atoms with E-state index in [4.69, 9.17) is 15.2 Å². The number of hydrogen-bond donors (Lipinski definition) is 1. The fourth-order valence-corrected chi connectivity index (χ4v) is 2.27. The summed E-state index contributed by atoms with van der Waals surface area (Å²) >= 11 is 0. The largest absolute Gasteiger partial charge is 0.497 e. The molecule has 0 spiro atoms. The third kappa shape index (κ3) is 2.91. The first-order chi connectivity index (χ1) is 8.22. The van der Waals surface area contributed by atoms with Crippen LogP contribution in [0.15, 0.2) is 18.2 Å². The first-order valence-corrected chi connectivity index (χ1v) is 6.21. The molecule has 1 fully saturated rings. The smallest absolute Gasteiger partial charge is 0.122 e. The van der Waals surface area contributed by atoms with Crippen molar-refractivity contribution in [1.29, 1.82) is 0 Å². The highest BCUT2D eigenvalue weighted by Crippen LogP contribution is 2.35. The van der Waals surface area contributed by atoms with E-state index in [1.54, 1.807) is 14.2 Å². The molecule has 1 aliphatic rings. The molecule has 94 valence electrons. The van der Waals surface area contributed by atoms with Gasteiger partial charge < -0.3 is 15.2 Å². The van der Waals surface area contributed by atoms with Crippen molar-refractivity contribution >= 4 is 0 Å². The lowest BCUT2D eigenvalue weighted by Crippen LogP contribution is -2.20. The van der Waals surface area contributed by atoms with Gasteiger partial charge >= 0.3 is 0 Å². The van der Waals surface area contributed by atoms with Crippen molar-refractivity contribution in [2.24, 2.45) is 11.7 Å². The van der Waals surface area contributed by atoms with Crippen molar-refractivity contribution in [2.45, 2.75) is 31.7 Å². The van der Waals surface area contributed by atoms with Crippen molar-refractivity contribution in [3.8, 4) is 11.5 Å². The zero-order valence-electron chi connectivity index (χ0n) is 10.6. The van der Waals surface area contributed by atoms with Gasteiger partial charge in [-0.25, -0.2) is 0 Å². The summed E-state index contributed by atoms with van der Waals surface area (Å²) in [4.78, 5) is 0. The second-order valence-electron chi connectivity index (χ2n) is 4.79. The predicted octanol–water partition coefficient (Wildman–Crippen LogP) is 2.89. The molecule has 1 unspecified atom stereocenters. The molecule has 17 heavy (non-hydrogen) atoms. The Morgan fingerprint density at radius 2 is 1.76 bits per heavy atom. The Balaban J connectivity index is 2.11. The van der Waals surface area contributed by atoms with Gasteiger partial charge in [0.1, 0.15) is 11.5 Å². The lowest BCUT2D eigenvalue weighted by Gasteiger charge is -2.28. The van der Waals surface area contributed by atoms with E-state index in [0.717, 1.165) is 29.4 Å². The Labute approximate surface area is 103 Å². The van der Waals surface area contributed by atoms with Crippen molar-refractivity contribution in [2.75, 3.05) is 14.2 Å². The predicted molar refractivity (Wildman–Crippen MR) is 68.4 cm³/mol. The fraction of sp³-hybridized carbons (Fsp3) is 0.571. The fourth-order valence-electron chi connectivity index (χ4n) is 2.27. The van der Waals surface area contributed by atoms with E-state index in [2.05, 4.69) is 0 Å². The van der Waals surface area contributed by atoms with E-state index in [1.165, 1.54) is 19.3 Å². The average Bonchev–Trinajstić information content (AvgIpc) is 2.32. The van der Waals surface area contributed by atoms with Crippen LogP contribution in [0.1, 0.15) is 37.3 Å². The summed E-state index contributed by atoms with van der Waals surface area (Å²) in [7, 11) is 3.33. The molecule has 1 aromatic carbocycles. The van der Waals surface area contributed by atoms with E-state index >= 15 is 0 Å². The zero-order chi connectivity index (χ0) is 12.3. The summed E-state index contributed by atoms with van der Waals surface area (Å²) in [5, 5.41) is 0. The Kier molecular flexibility index (Phi) is 3.89. The second-order valence-corrected chi connectivity index (χ2v) is 4.79. The van der Waals surface area contributed by atoms with Crippen molar-refractivity contribution in [3.63, 3.8) is 0 Å². The zero-order valence-corrected chi connectivity index (χ0v) is 10.6. The summed E-state index contributed by atoms with van der Waals surface area (Å²) in [6, 6.07) is 5.97. The molecule has 0 bridgehead atoms. The van der Waals surface area contributed by atoms with E-state index < -0.39 is 0 Å². The van der Waals surface area contributed by atoms with Crippen molar-refractivity contribution in [3.05, 3.63) is 23.8 Å². The van der Waals surface area contributed by atoms with Gasteiger partial charge in [-0.1, -0.05) is 19.3 Å². The van der Waals surface area contributed by atoms with Crippen molar-refractivity contribution in [1.82, 2.24) is 0 Å². The molecule has 1 aliphatic carbocycles. The molecule has 3 heteroatoms. The van der Waals surface area contributed by atoms with Gasteiger partial charge in [0, 0.05) is 12.1 Å². The minimum atomic E-state index is 0.0873. The molecule has 0 amide bonds. The summed E-state index contributed by atoms with van der Waals surface area (Å²) < 4.78 is 10.5. The van der Waals surface area contributed by atoms with Crippen LogP contribution >= 0.6 is 0 Å². The van der Waals surface area contributed by atoms with Gasteiger partial charge in [-0.3, -0.25) is 0 Å². The highest BCUT2D eigenvalue weighted by atomic mass is 16.5. The summed E-state index contributed by atoms with van der Waals surface area (Å²) in [5.74, 6) is 2.43. The molecule has 0 aromatic heterocycles. The number of methoxy groups -OCH3 is 2. The van der Waals surface area contributed by atoms with Crippen molar-refractivity contribution < 1.29 is 9.47 Å². The molecule has 3 nitrogen and oxygen atoms in total. The number of ether oxygens (including phenoxy) is 2. The summed E-state index contributed by atoms with van der Waals surface area (Å²) in [5.41, 5.74) is 7.35. The Morgan fingerprint density at radius 3 is 2.18 bits per heavy atom. The maximum Gasteiger partial charge on any atom is 0.122 e. The number of benzene rings is 1. The monoisotopic (exact) mass is 235 g/mol. The van der Waals surface area contributed by atoms with Crippen LogP contribution in [0.5, 0.6) is 11.5 Å². The minimum Gasteiger partial charge on any atom is -0.497 e. The van der Waals surface area contributed by atoms with Gasteiger partial charge in [0.25, 0.3) is 0 Å². The number of rotatable bonds is 5. The first-order valence-electron chi connectivity index (χ1n) is 6.21. The van der Waals surface area contributed by atoms with Crippen LogP contribution in [-0.2, 0) is 0 Å². The molecule has 0 radical (unpaired) electrons. The van der Waals surface area contributed by atoms with Crippen LogP contribution in [0.2, 0.25) is 0 Å². The second kappa shape index (κ2) is 5.41. The highest BCUT2D eigenvalue weighted by molar-refractivity contribution is 5.39. The van der Waals surface area contributed by atoms with E-state index in [9.17, 15) is 0 Å². The van der Waals surface area contributed by atoms with E-state index in [1.807, 2.05) is 18.2 Å². The highest BCUT2D eigenvalue weighted by Gasteiger charge is 2.21. The maximum atomic E-state index is 6.24. The number of hydrogen-bond acceptors (Lipinski definition) is 3. The SMILES string of the molecule is COc1cc(OC)cc(C(N)CC2CCC2)c1. The molecular formula is C14H21NO2. The maximum absolute atomic E-state index is 6.24. The topological polar surface area (TPSA) is 44.5 Å². The van der Waals surface area contributed by atoms with Gasteiger partial charge in [0.05, 0.1) is 14.2 Å². The quantitative estimate of drug-likeness (QED) is 0.853. The molecule has 0 aliphatic heterocycles. The molecule has 0 heterocycles. The summed E-state index contributed by atoms with van der Waals surface area (Å²) in [6.07, 6.45) is 5.08. The van der Waals surface area contributed by atoms with Gasteiger partial charge in [-0.2, -0.15) is 0 Å². The van der Waals surface area contributed by atoms with Crippen LogP contribution in [0.25, 0.3) is 0 Å². The lowest BCUT2D eigenvalue weighted by molar-refractivity contribution is 0.277. The van der Waals surface area contributed by atoms with Crippen LogP contribution in [0.4, 0.5) is 0 Å². The normalized spacial score (nSPS) is 17.4. The Morgan fingerprint density at radius 1 is 1.18 bits per heavy atom. The molecule has 0 saturated heterocycles. The standard InChI is InChI=1S/C14H21NO2/c1-16-12-7-11(8-13(9-12)17-2)14(15)6-10-4-3-5-10/h7-10,14H,3-6,15H2,1-2H3. The number of nitrogens with two attached hydrogens (primary N) is 1. The van der Waals surface area contributed by atoms with Gasteiger partial charge in [-0.05, 0) is 30.0 Å². The Hall–Kier alpha value is -1.22. The Bertz CT molecular complexity index is 352. The minimum absolute atomic E-state index is 0.0873. The third-order valence-electron chi connectivity index (χ3n) is 3.61. The molecule has 2 rings (SSSR count). The van der Waals surface area contributed by atoms with E-state index in [0.29, 0.717) is 0 Å². The van der Waals surface area contributed by atoms with Gasteiger partial charge in [0.2, 0.25) is 0 Å². The van der Waals surface area contributed by atoms with Crippen LogP contribution < -0.4 is 15.2 Å². The van der Waals surface area contributed by atoms with Gasteiger partial charge in [-0.15, -0.1) is 0 Å². The lowest BCUT2D eigenvalue weighted by atomic mass is 9.80. The molecule has 2 N–H and O–H groups in total. The van der Waals surface area contributed by atoms with E-state index in [-0.39, 0.29) is 6.04 Å².